The minimum atomic E-state index is -0.00146. The van der Waals surface area contributed by atoms with Crippen LogP contribution in [-0.2, 0) is 16.6 Å². The fourth-order valence-corrected chi connectivity index (χ4v) is 3.26. The lowest BCUT2D eigenvalue weighted by atomic mass is 10.1. The van der Waals surface area contributed by atoms with Gasteiger partial charge < -0.3 is 19.5 Å². The third-order valence-electron chi connectivity index (χ3n) is 4.46. The summed E-state index contributed by atoms with van der Waals surface area (Å²) in [7, 11) is 1.97. The number of nitrogens with zero attached hydrogens (tertiary/aromatic N) is 3. The maximum absolute atomic E-state index is 12.5. The van der Waals surface area contributed by atoms with Gasteiger partial charge in [-0.1, -0.05) is 12.8 Å². The Morgan fingerprint density at radius 1 is 1.48 bits per heavy atom. The second-order valence-electron chi connectivity index (χ2n) is 5.92. The second-order valence-corrected chi connectivity index (χ2v) is 5.92. The van der Waals surface area contributed by atoms with E-state index >= 15 is 0 Å². The summed E-state index contributed by atoms with van der Waals surface area (Å²) in [4.78, 5) is 18.8. The van der Waals surface area contributed by atoms with Gasteiger partial charge in [-0.2, -0.15) is 0 Å². The predicted octanol–water partition coefficient (Wildman–Crippen LogP) is 0.852. The number of aryl methyl sites for hydroxylation is 1. The van der Waals surface area contributed by atoms with Crippen LogP contribution in [0.25, 0.3) is 0 Å². The van der Waals surface area contributed by atoms with Crippen LogP contribution in [0.2, 0.25) is 0 Å². The molecule has 1 aliphatic heterocycles. The Labute approximate surface area is 125 Å². The van der Waals surface area contributed by atoms with E-state index in [2.05, 4.69) is 10.3 Å². The van der Waals surface area contributed by atoms with Gasteiger partial charge >= 0.3 is 0 Å². The molecule has 1 atom stereocenters. The zero-order chi connectivity index (χ0) is 14.7. The van der Waals surface area contributed by atoms with Gasteiger partial charge in [-0.25, -0.2) is 4.98 Å². The molecule has 0 bridgehead atoms. The molecule has 1 aliphatic carbocycles. The second kappa shape index (κ2) is 6.58. The molecule has 3 rings (SSSR count). The highest BCUT2D eigenvalue weighted by atomic mass is 16.5. The lowest BCUT2D eigenvalue weighted by molar-refractivity contribution is -0.141. The van der Waals surface area contributed by atoms with E-state index in [4.69, 9.17) is 4.74 Å². The number of amides is 1. The molecule has 2 aliphatic rings. The molecule has 1 aromatic heterocycles. The molecule has 2 heterocycles. The Morgan fingerprint density at radius 2 is 2.29 bits per heavy atom. The van der Waals surface area contributed by atoms with Gasteiger partial charge in [-0.15, -0.1) is 0 Å². The van der Waals surface area contributed by atoms with E-state index in [0.29, 0.717) is 6.54 Å². The third-order valence-corrected chi connectivity index (χ3v) is 4.46. The van der Waals surface area contributed by atoms with Crippen molar-refractivity contribution in [3.8, 4) is 0 Å². The quantitative estimate of drug-likeness (QED) is 0.894. The van der Waals surface area contributed by atoms with Gasteiger partial charge in [0.25, 0.3) is 0 Å². The molecule has 1 amide bonds. The normalized spacial score (nSPS) is 23.7. The third kappa shape index (κ3) is 3.27. The number of nitrogens with one attached hydrogen (secondary N) is 1. The van der Waals surface area contributed by atoms with E-state index in [9.17, 15) is 4.79 Å². The largest absolute Gasteiger partial charge is 0.368 e. The van der Waals surface area contributed by atoms with Crippen molar-refractivity contribution < 1.29 is 9.53 Å². The minimum Gasteiger partial charge on any atom is -0.368 e. The zero-order valence-electron chi connectivity index (χ0n) is 12.6. The average molecular weight is 292 g/mol. The highest BCUT2D eigenvalue weighted by Crippen LogP contribution is 2.23. The SMILES string of the molecule is Cn1ccnc1C1CNCCN1C(=O)COC1CCCC1. The molecular formula is C15H24N4O2. The van der Waals surface area contributed by atoms with E-state index in [0.717, 1.165) is 31.8 Å². The summed E-state index contributed by atoms with van der Waals surface area (Å²) in [6.07, 6.45) is 8.62. The molecule has 0 spiro atoms. The van der Waals surface area contributed by atoms with E-state index < -0.39 is 0 Å². The first kappa shape index (κ1) is 14.5. The summed E-state index contributed by atoms with van der Waals surface area (Å²) in [6, 6.07) is -0.00146. The summed E-state index contributed by atoms with van der Waals surface area (Å²) >= 11 is 0. The van der Waals surface area contributed by atoms with Crippen LogP contribution in [0.5, 0.6) is 0 Å². The number of carbonyl (C=O) groups is 1. The molecule has 1 unspecified atom stereocenters. The maximum Gasteiger partial charge on any atom is 0.249 e. The van der Waals surface area contributed by atoms with Crippen molar-refractivity contribution in [3.05, 3.63) is 18.2 Å². The molecule has 6 nitrogen and oxygen atoms in total. The first-order valence-corrected chi connectivity index (χ1v) is 7.84. The van der Waals surface area contributed by atoms with Gasteiger partial charge in [-0.3, -0.25) is 4.79 Å². The molecule has 0 radical (unpaired) electrons. The Hall–Kier alpha value is -1.40. The maximum atomic E-state index is 12.5. The number of rotatable bonds is 4. The monoisotopic (exact) mass is 292 g/mol. The van der Waals surface area contributed by atoms with E-state index in [-0.39, 0.29) is 24.7 Å². The predicted molar refractivity (Wildman–Crippen MR) is 78.7 cm³/mol. The van der Waals surface area contributed by atoms with Crippen LogP contribution in [0.1, 0.15) is 37.5 Å². The van der Waals surface area contributed by atoms with E-state index in [1.54, 1.807) is 6.20 Å². The van der Waals surface area contributed by atoms with Crippen molar-refractivity contribution in [2.24, 2.45) is 7.05 Å². The van der Waals surface area contributed by atoms with Gasteiger partial charge in [0.15, 0.2) is 0 Å². The molecule has 116 valence electrons. The first-order chi connectivity index (χ1) is 10.3. The molecule has 6 heteroatoms. The fourth-order valence-electron chi connectivity index (χ4n) is 3.26. The van der Waals surface area contributed by atoms with Crippen molar-refractivity contribution in [2.75, 3.05) is 26.2 Å². The van der Waals surface area contributed by atoms with Crippen molar-refractivity contribution in [3.63, 3.8) is 0 Å². The molecule has 1 aromatic rings. The molecule has 21 heavy (non-hydrogen) atoms. The topological polar surface area (TPSA) is 59.4 Å². The van der Waals surface area contributed by atoms with Crippen molar-refractivity contribution in [1.29, 1.82) is 0 Å². The number of hydrogen-bond donors (Lipinski definition) is 1. The Balaban J connectivity index is 1.63. The molecule has 1 saturated heterocycles. The first-order valence-electron chi connectivity index (χ1n) is 7.84. The summed E-state index contributed by atoms with van der Waals surface area (Å²) in [5.41, 5.74) is 0. The highest BCUT2D eigenvalue weighted by molar-refractivity contribution is 5.78. The number of piperazine rings is 1. The van der Waals surface area contributed by atoms with Crippen molar-refractivity contribution in [2.45, 2.75) is 37.8 Å². The lowest BCUT2D eigenvalue weighted by Crippen LogP contribution is -2.50. The smallest absolute Gasteiger partial charge is 0.249 e. The van der Waals surface area contributed by atoms with E-state index in [1.807, 2.05) is 22.7 Å². The fraction of sp³-hybridized carbons (Fsp3) is 0.733. The Kier molecular flexibility index (Phi) is 4.55. The zero-order valence-corrected chi connectivity index (χ0v) is 12.6. The summed E-state index contributed by atoms with van der Waals surface area (Å²) in [6.45, 7) is 2.49. The molecule has 0 aromatic carbocycles. The van der Waals surface area contributed by atoms with Crippen molar-refractivity contribution >= 4 is 5.91 Å². The highest BCUT2D eigenvalue weighted by Gasteiger charge is 2.30. The Morgan fingerprint density at radius 3 is 3.00 bits per heavy atom. The van der Waals surface area contributed by atoms with Gasteiger partial charge in [0, 0.05) is 39.1 Å². The van der Waals surface area contributed by atoms with Crippen molar-refractivity contribution in [1.82, 2.24) is 19.8 Å². The number of imidazole rings is 1. The van der Waals surface area contributed by atoms with Gasteiger partial charge in [0.2, 0.25) is 5.91 Å². The summed E-state index contributed by atoms with van der Waals surface area (Å²) in [5, 5.41) is 3.34. The number of carbonyl (C=O) groups excluding carboxylic acids is 1. The van der Waals surface area contributed by atoms with Crippen LogP contribution < -0.4 is 5.32 Å². The average Bonchev–Trinajstić information content (AvgIpc) is 3.16. The molecule has 1 N–H and O–H groups in total. The van der Waals surface area contributed by atoms with Crippen LogP contribution in [0.15, 0.2) is 12.4 Å². The standard InChI is InChI=1S/C15H24N4O2/c1-18-8-7-17-15(18)13-10-16-6-9-19(13)14(20)11-21-12-4-2-3-5-12/h7-8,12-13,16H,2-6,9-11H2,1H3. The minimum absolute atomic E-state index is 0.00146. The van der Waals surface area contributed by atoms with Crippen LogP contribution in [0, 0.1) is 0 Å². The van der Waals surface area contributed by atoms with Crippen LogP contribution >= 0.6 is 0 Å². The molecular weight excluding hydrogens is 268 g/mol. The van der Waals surface area contributed by atoms with Crippen LogP contribution in [0.4, 0.5) is 0 Å². The van der Waals surface area contributed by atoms with Gasteiger partial charge in [-0.05, 0) is 12.8 Å². The number of aromatic nitrogens is 2. The van der Waals surface area contributed by atoms with E-state index in [1.165, 1.54) is 12.8 Å². The number of ether oxygens (including phenoxy) is 1. The van der Waals surface area contributed by atoms with Crippen LogP contribution in [-0.4, -0.2) is 52.7 Å². The lowest BCUT2D eigenvalue weighted by Gasteiger charge is -2.35. The summed E-state index contributed by atoms with van der Waals surface area (Å²) in [5.74, 6) is 1.01. The molecule has 2 fully saturated rings. The Bertz CT molecular complexity index is 482. The van der Waals surface area contributed by atoms with Gasteiger partial charge in [0.1, 0.15) is 18.5 Å². The number of hydrogen-bond acceptors (Lipinski definition) is 4. The van der Waals surface area contributed by atoms with Crippen LogP contribution in [0.3, 0.4) is 0 Å². The van der Waals surface area contributed by atoms with Gasteiger partial charge in [0.05, 0.1) is 6.10 Å². The summed E-state index contributed by atoms with van der Waals surface area (Å²) < 4.78 is 7.76. The molecule has 1 saturated carbocycles.